The molecular weight excluding hydrogens is 266 g/mol. The van der Waals surface area contributed by atoms with Crippen LogP contribution in [0.1, 0.15) is 51.3 Å². The highest BCUT2D eigenvalue weighted by Gasteiger charge is 2.39. The number of carbonyl (C=O) groups excluding carboxylic acids is 1. The number of benzene rings is 1. The molecule has 1 amide bonds. The van der Waals surface area contributed by atoms with Gasteiger partial charge in [-0.25, -0.2) is 0 Å². The maximum Gasteiger partial charge on any atom is 0.310 e. The molecular formula is C17H25NO3. The van der Waals surface area contributed by atoms with Crippen molar-refractivity contribution < 1.29 is 14.7 Å². The SMILES string of the molecule is Cc1ccccc1[C@H](C)NC(=O)CC(C)(C(=O)O)C(C)C. The van der Waals surface area contributed by atoms with Gasteiger partial charge in [0.05, 0.1) is 11.5 Å². The van der Waals surface area contributed by atoms with Gasteiger partial charge in [0.15, 0.2) is 0 Å². The first kappa shape index (κ1) is 17.2. The van der Waals surface area contributed by atoms with Crippen LogP contribution in [0.15, 0.2) is 24.3 Å². The number of aliphatic carboxylic acids is 1. The Morgan fingerprint density at radius 2 is 1.81 bits per heavy atom. The molecule has 0 radical (unpaired) electrons. The second-order valence-electron chi connectivity index (χ2n) is 6.20. The highest BCUT2D eigenvalue weighted by atomic mass is 16.4. The summed E-state index contributed by atoms with van der Waals surface area (Å²) >= 11 is 0. The van der Waals surface area contributed by atoms with Gasteiger partial charge in [0.2, 0.25) is 5.91 Å². The summed E-state index contributed by atoms with van der Waals surface area (Å²) < 4.78 is 0. The van der Waals surface area contributed by atoms with E-state index < -0.39 is 11.4 Å². The van der Waals surface area contributed by atoms with Crippen molar-refractivity contribution in [2.75, 3.05) is 0 Å². The molecule has 1 rings (SSSR count). The summed E-state index contributed by atoms with van der Waals surface area (Å²) in [7, 11) is 0. The molecule has 1 aromatic rings. The summed E-state index contributed by atoms with van der Waals surface area (Å²) in [5, 5.41) is 12.3. The van der Waals surface area contributed by atoms with Crippen LogP contribution in [0.5, 0.6) is 0 Å². The van der Waals surface area contributed by atoms with E-state index in [0.717, 1.165) is 11.1 Å². The van der Waals surface area contributed by atoms with E-state index in [1.54, 1.807) is 6.92 Å². The fourth-order valence-corrected chi connectivity index (χ4v) is 2.30. The van der Waals surface area contributed by atoms with E-state index in [2.05, 4.69) is 5.32 Å². The fraction of sp³-hybridized carbons (Fsp3) is 0.529. The summed E-state index contributed by atoms with van der Waals surface area (Å²) in [6.07, 6.45) is -0.0176. The fourth-order valence-electron chi connectivity index (χ4n) is 2.30. The highest BCUT2D eigenvalue weighted by Crippen LogP contribution is 2.31. The lowest BCUT2D eigenvalue weighted by Crippen LogP contribution is -2.39. The van der Waals surface area contributed by atoms with Crippen molar-refractivity contribution in [3.05, 3.63) is 35.4 Å². The van der Waals surface area contributed by atoms with Gasteiger partial charge >= 0.3 is 5.97 Å². The summed E-state index contributed by atoms with van der Waals surface area (Å²) in [6, 6.07) is 7.71. The van der Waals surface area contributed by atoms with Crippen molar-refractivity contribution in [2.24, 2.45) is 11.3 Å². The van der Waals surface area contributed by atoms with Crippen molar-refractivity contribution in [3.63, 3.8) is 0 Å². The summed E-state index contributed by atoms with van der Waals surface area (Å²) in [5.74, 6) is -1.28. The lowest BCUT2D eigenvalue weighted by Gasteiger charge is -2.29. The Hall–Kier alpha value is -1.84. The molecule has 4 nitrogen and oxygen atoms in total. The number of amides is 1. The molecule has 116 valence electrons. The van der Waals surface area contributed by atoms with Crippen molar-refractivity contribution in [1.82, 2.24) is 5.32 Å². The van der Waals surface area contributed by atoms with Crippen LogP contribution in [0.4, 0.5) is 0 Å². The Labute approximate surface area is 126 Å². The molecule has 2 atom stereocenters. The first-order valence-corrected chi connectivity index (χ1v) is 7.26. The van der Waals surface area contributed by atoms with E-state index in [4.69, 9.17) is 0 Å². The van der Waals surface area contributed by atoms with Gasteiger partial charge < -0.3 is 10.4 Å². The smallest absolute Gasteiger partial charge is 0.310 e. The molecule has 0 saturated heterocycles. The van der Waals surface area contributed by atoms with E-state index in [1.165, 1.54) is 0 Å². The molecule has 1 unspecified atom stereocenters. The Morgan fingerprint density at radius 1 is 1.24 bits per heavy atom. The first-order chi connectivity index (χ1) is 9.68. The van der Waals surface area contributed by atoms with Crippen LogP contribution in [0.2, 0.25) is 0 Å². The minimum absolute atomic E-state index is 0.0176. The second kappa shape index (κ2) is 6.74. The van der Waals surface area contributed by atoms with Crippen LogP contribution >= 0.6 is 0 Å². The van der Waals surface area contributed by atoms with Crippen LogP contribution in [-0.4, -0.2) is 17.0 Å². The molecule has 0 fully saturated rings. The zero-order chi connectivity index (χ0) is 16.2. The third-order valence-corrected chi connectivity index (χ3v) is 4.32. The van der Waals surface area contributed by atoms with Crippen LogP contribution in [0.25, 0.3) is 0 Å². The lowest BCUT2D eigenvalue weighted by molar-refractivity contribution is -0.153. The molecule has 2 N–H and O–H groups in total. The van der Waals surface area contributed by atoms with E-state index >= 15 is 0 Å². The average molecular weight is 291 g/mol. The van der Waals surface area contributed by atoms with Gasteiger partial charge in [-0.15, -0.1) is 0 Å². The van der Waals surface area contributed by atoms with E-state index in [1.807, 2.05) is 52.0 Å². The number of aryl methyl sites for hydroxylation is 1. The van der Waals surface area contributed by atoms with Gasteiger partial charge in [-0.05, 0) is 37.8 Å². The van der Waals surface area contributed by atoms with Crippen LogP contribution < -0.4 is 5.32 Å². The van der Waals surface area contributed by atoms with Crippen molar-refractivity contribution in [3.8, 4) is 0 Å². The number of carbonyl (C=O) groups is 2. The molecule has 0 heterocycles. The molecule has 0 bridgehead atoms. The van der Waals surface area contributed by atoms with Crippen LogP contribution in [0.3, 0.4) is 0 Å². The van der Waals surface area contributed by atoms with Crippen LogP contribution in [0, 0.1) is 18.3 Å². The highest BCUT2D eigenvalue weighted by molar-refractivity contribution is 5.85. The lowest BCUT2D eigenvalue weighted by atomic mass is 9.76. The molecule has 0 saturated carbocycles. The quantitative estimate of drug-likeness (QED) is 0.845. The molecule has 0 aliphatic rings. The third-order valence-electron chi connectivity index (χ3n) is 4.32. The van der Waals surface area contributed by atoms with E-state index in [0.29, 0.717) is 0 Å². The van der Waals surface area contributed by atoms with Crippen molar-refractivity contribution in [1.29, 1.82) is 0 Å². The van der Waals surface area contributed by atoms with Gasteiger partial charge in [-0.3, -0.25) is 9.59 Å². The van der Waals surface area contributed by atoms with Gasteiger partial charge in [-0.2, -0.15) is 0 Å². The standard InChI is InChI=1S/C17H25NO3/c1-11(2)17(5,16(20)21)10-15(19)18-13(4)14-9-7-6-8-12(14)3/h6-9,11,13H,10H2,1-5H3,(H,18,19)(H,20,21)/t13-,17?/m0/s1. The van der Waals surface area contributed by atoms with Crippen molar-refractivity contribution >= 4 is 11.9 Å². The number of rotatable bonds is 6. The molecule has 21 heavy (non-hydrogen) atoms. The van der Waals surface area contributed by atoms with Gasteiger partial charge in [0, 0.05) is 6.42 Å². The Kier molecular flexibility index (Phi) is 5.53. The number of nitrogens with one attached hydrogen (secondary N) is 1. The molecule has 1 aromatic carbocycles. The molecule has 0 aromatic heterocycles. The van der Waals surface area contributed by atoms with E-state index in [-0.39, 0.29) is 24.3 Å². The average Bonchev–Trinajstić information content (AvgIpc) is 2.38. The largest absolute Gasteiger partial charge is 0.481 e. The monoisotopic (exact) mass is 291 g/mol. The maximum absolute atomic E-state index is 12.2. The summed E-state index contributed by atoms with van der Waals surface area (Å²) in [5.41, 5.74) is 1.11. The third kappa shape index (κ3) is 4.06. The summed E-state index contributed by atoms with van der Waals surface area (Å²) in [4.78, 5) is 23.6. The van der Waals surface area contributed by atoms with Crippen molar-refractivity contribution in [2.45, 2.75) is 47.1 Å². The number of hydrogen-bond acceptors (Lipinski definition) is 2. The number of carboxylic acids is 1. The number of carboxylic acid groups (broad SMARTS) is 1. The topological polar surface area (TPSA) is 66.4 Å². The maximum atomic E-state index is 12.2. The van der Waals surface area contributed by atoms with Gasteiger partial charge in [0.1, 0.15) is 0 Å². The minimum atomic E-state index is -1.05. The Balaban J connectivity index is 2.78. The summed E-state index contributed by atoms with van der Waals surface area (Å²) in [6.45, 7) is 9.18. The Bertz CT molecular complexity index is 525. The second-order valence-corrected chi connectivity index (χ2v) is 6.20. The minimum Gasteiger partial charge on any atom is -0.481 e. The number of hydrogen-bond donors (Lipinski definition) is 2. The zero-order valence-corrected chi connectivity index (χ0v) is 13.4. The van der Waals surface area contributed by atoms with Gasteiger partial charge in [-0.1, -0.05) is 38.1 Å². The Morgan fingerprint density at radius 3 is 2.29 bits per heavy atom. The molecule has 0 aliphatic carbocycles. The van der Waals surface area contributed by atoms with Gasteiger partial charge in [0.25, 0.3) is 0 Å². The zero-order valence-electron chi connectivity index (χ0n) is 13.4. The predicted molar refractivity (Wildman–Crippen MR) is 82.9 cm³/mol. The normalized spacial score (nSPS) is 15.3. The molecule has 4 heteroatoms. The first-order valence-electron chi connectivity index (χ1n) is 7.26. The molecule has 0 aliphatic heterocycles. The van der Waals surface area contributed by atoms with Crippen LogP contribution in [-0.2, 0) is 9.59 Å². The molecule has 0 spiro atoms. The predicted octanol–water partition coefficient (Wildman–Crippen LogP) is 3.31. The van der Waals surface area contributed by atoms with E-state index in [9.17, 15) is 14.7 Å².